The number of anilines is 1. The fraction of sp³-hybridized carbons (Fsp3) is 0.105. The van der Waals surface area contributed by atoms with Crippen LogP contribution in [0.1, 0.15) is 22.8 Å². The third-order valence-electron chi connectivity index (χ3n) is 3.78. The number of carboxylic acids is 1. The van der Waals surface area contributed by atoms with Gasteiger partial charge >= 0.3 is 5.97 Å². The van der Waals surface area contributed by atoms with Crippen molar-refractivity contribution in [3.63, 3.8) is 0 Å². The van der Waals surface area contributed by atoms with Crippen LogP contribution in [0.15, 0.2) is 48.5 Å². The summed E-state index contributed by atoms with van der Waals surface area (Å²) in [5, 5.41) is 12.8. The number of carbonyl (C=O) groups excluding carboxylic acids is 1. The van der Waals surface area contributed by atoms with E-state index >= 15 is 0 Å². The van der Waals surface area contributed by atoms with Gasteiger partial charge in [-0.1, -0.05) is 24.3 Å². The SMILES string of the molecule is CC(=O)Nc1ccc2c(C(=O)O)cc(-c3ccccc3C)nc2c1. The average molecular weight is 320 g/mol. The van der Waals surface area contributed by atoms with Crippen LogP contribution < -0.4 is 5.32 Å². The fourth-order valence-corrected chi connectivity index (χ4v) is 2.68. The number of aromatic carboxylic acids is 1. The summed E-state index contributed by atoms with van der Waals surface area (Å²) < 4.78 is 0. The molecule has 0 aliphatic rings. The first kappa shape index (κ1) is 15.7. The number of fused-ring (bicyclic) bond motifs is 1. The molecule has 0 aliphatic carbocycles. The minimum absolute atomic E-state index is 0.188. The molecule has 3 rings (SSSR count). The number of rotatable bonds is 3. The molecule has 0 aliphatic heterocycles. The zero-order valence-electron chi connectivity index (χ0n) is 13.3. The average Bonchev–Trinajstić information content (AvgIpc) is 2.53. The van der Waals surface area contributed by atoms with Gasteiger partial charge in [0, 0.05) is 23.6 Å². The summed E-state index contributed by atoms with van der Waals surface area (Å²) >= 11 is 0. The second-order valence-corrected chi connectivity index (χ2v) is 5.59. The minimum atomic E-state index is -1.01. The van der Waals surface area contributed by atoms with E-state index in [2.05, 4.69) is 10.3 Å². The first-order valence-electron chi connectivity index (χ1n) is 7.47. The maximum atomic E-state index is 11.6. The minimum Gasteiger partial charge on any atom is -0.478 e. The van der Waals surface area contributed by atoms with Gasteiger partial charge in [-0.05, 0) is 36.8 Å². The number of pyridine rings is 1. The van der Waals surface area contributed by atoms with Gasteiger partial charge in [-0.2, -0.15) is 0 Å². The molecule has 0 fully saturated rings. The Bertz CT molecular complexity index is 964. The topological polar surface area (TPSA) is 79.3 Å². The predicted molar refractivity (Wildman–Crippen MR) is 93.2 cm³/mol. The Balaban J connectivity index is 2.26. The van der Waals surface area contributed by atoms with Crippen LogP contribution in [0, 0.1) is 6.92 Å². The summed E-state index contributed by atoms with van der Waals surface area (Å²) in [6.07, 6.45) is 0. The summed E-state index contributed by atoms with van der Waals surface area (Å²) in [6, 6.07) is 14.3. The van der Waals surface area contributed by atoms with Crippen LogP contribution in [0.4, 0.5) is 5.69 Å². The first-order chi connectivity index (χ1) is 11.5. The van der Waals surface area contributed by atoms with Gasteiger partial charge in [0.15, 0.2) is 0 Å². The van der Waals surface area contributed by atoms with Gasteiger partial charge in [0.05, 0.1) is 16.8 Å². The number of carboxylic acid groups (broad SMARTS) is 1. The van der Waals surface area contributed by atoms with Crippen LogP contribution in [-0.4, -0.2) is 22.0 Å². The van der Waals surface area contributed by atoms with Gasteiger partial charge in [-0.3, -0.25) is 4.79 Å². The maximum Gasteiger partial charge on any atom is 0.336 e. The Morgan fingerprint density at radius 2 is 1.83 bits per heavy atom. The zero-order chi connectivity index (χ0) is 17.3. The second kappa shape index (κ2) is 6.12. The van der Waals surface area contributed by atoms with Crippen LogP contribution in [0.2, 0.25) is 0 Å². The van der Waals surface area contributed by atoms with Crippen LogP contribution in [0.25, 0.3) is 22.2 Å². The number of aryl methyl sites for hydroxylation is 1. The molecule has 3 aromatic rings. The van der Waals surface area contributed by atoms with E-state index in [0.717, 1.165) is 11.1 Å². The predicted octanol–water partition coefficient (Wildman–Crippen LogP) is 3.87. The van der Waals surface area contributed by atoms with Crippen molar-refractivity contribution in [1.29, 1.82) is 0 Å². The Labute approximate surface area is 139 Å². The van der Waals surface area contributed by atoms with Crippen molar-refractivity contribution in [2.45, 2.75) is 13.8 Å². The molecule has 1 aromatic heterocycles. The molecule has 0 bridgehead atoms. The summed E-state index contributed by atoms with van der Waals surface area (Å²) in [4.78, 5) is 27.5. The van der Waals surface area contributed by atoms with Crippen molar-refractivity contribution < 1.29 is 14.7 Å². The smallest absolute Gasteiger partial charge is 0.336 e. The van der Waals surface area contributed by atoms with Crippen molar-refractivity contribution >= 4 is 28.5 Å². The lowest BCUT2D eigenvalue weighted by Gasteiger charge is -2.10. The van der Waals surface area contributed by atoms with E-state index in [1.54, 1.807) is 24.3 Å². The molecule has 2 aromatic carbocycles. The van der Waals surface area contributed by atoms with Crippen LogP contribution in [0.5, 0.6) is 0 Å². The molecule has 0 saturated heterocycles. The monoisotopic (exact) mass is 320 g/mol. The molecule has 1 heterocycles. The zero-order valence-corrected chi connectivity index (χ0v) is 13.3. The molecule has 24 heavy (non-hydrogen) atoms. The van der Waals surface area contributed by atoms with E-state index in [4.69, 9.17) is 0 Å². The molecule has 0 atom stereocenters. The Morgan fingerprint density at radius 3 is 2.50 bits per heavy atom. The highest BCUT2D eigenvalue weighted by Crippen LogP contribution is 2.28. The molecule has 0 spiro atoms. The van der Waals surface area contributed by atoms with E-state index < -0.39 is 5.97 Å². The van der Waals surface area contributed by atoms with Crippen molar-refractivity contribution in [1.82, 2.24) is 4.98 Å². The van der Waals surface area contributed by atoms with E-state index in [1.807, 2.05) is 31.2 Å². The number of amides is 1. The number of aromatic nitrogens is 1. The van der Waals surface area contributed by atoms with E-state index in [9.17, 15) is 14.7 Å². The highest BCUT2D eigenvalue weighted by Gasteiger charge is 2.14. The highest BCUT2D eigenvalue weighted by atomic mass is 16.4. The highest BCUT2D eigenvalue weighted by molar-refractivity contribution is 6.05. The molecule has 5 nitrogen and oxygen atoms in total. The Kier molecular flexibility index (Phi) is 4.00. The van der Waals surface area contributed by atoms with Gasteiger partial charge in [-0.15, -0.1) is 0 Å². The standard InChI is InChI=1S/C19H16N2O3/c1-11-5-3-4-6-14(11)18-10-16(19(23)24)15-8-7-13(20-12(2)22)9-17(15)21-18/h3-10H,1-2H3,(H,20,22)(H,23,24). The molecular weight excluding hydrogens is 304 g/mol. The maximum absolute atomic E-state index is 11.6. The Morgan fingerprint density at radius 1 is 1.08 bits per heavy atom. The van der Waals surface area contributed by atoms with Gasteiger partial charge in [-0.25, -0.2) is 9.78 Å². The van der Waals surface area contributed by atoms with E-state index in [1.165, 1.54) is 6.92 Å². The van der Waals surface area contributed by atoms with Crippen molar-refractivity contribution in [3.05, 3.63) is 59.7 Å². The molecule has 120 valence electrons. The lowest BCUT2D eigenvalue weighted by atomic mass is 10.0. The first-order valence-corrected chi connectivity index (χ1v) is 7.47. The molecule has 0 unspecified atom stereocenters. The molecule has 2 N–H and O–H groups in total. The number of benzene rings is 2. The van der Waals surface area contributed by atoms with Gasteiger partial charge in [0.25, 0.3) is 0 Å². The van der Waals surface area contributed by atoms with Crippen LogP contribution in [0.3, 0.4) is 0 Å². The molecule has 0 radical (unpaired) electrons. The van der Waals surface area contributed by atoms with Crippen molar-refractivity contribution in [2.24, 2.45) is 0 Å². The van der Waals surface area contributed by atoms with E-state index in [0.29, 0.717) is 22.3 Å². The van der Waals surface area contributed by atoms with E-state index in [-0.39, 0.29) is 11.5 Å². The Hall–Kier alpha value is -3.21. The largest absolute Gasteiger partial charge is 0.478 e. The second-order valence-electron chi connectivity index (χ2n) is 5.59. The number of hydrogen-bond donors (Lipinski definition) is 2. The lowest BCUT2D eigenvalue weighted by molar-refractivity contribution is -0.114. The van der Waals surface area contributed by atoms with Gasteiger partial charge in [0.2, 0.25) is 5.91 Å². The number of nitrogens with zero attached hydrogens (tertiary/aromatic N) is 1. The molecule has 1 amide bonds. The molecular formula is C19H16N2O3. The lowest BCUT2D eigenvalue weighted by Crippen LogP contribution is -2.06. The van der Waals surface area contributed by atoms with Crippen LogP contribution >= 0.6 is 0 Å². The van der Waals surface area contributed by atoms with Crippen molar-refractivity contribution in [2.75, 3.05) is 5.32 Å². The third-order valence-corrected chi connectivity index (χ3v) is 3.78. The summed E-state index contributed by atoms with van der Waals surface area (Å²) in [6.45, 7) is 3.37. The number of carbonyl (C=O) groups is 2. The summed E-state index contributed by atoms with van der Waals surface area (Å²) in [5.41, 5.74) is 3.79. The van der Waals surface area contributed by atoms with Gasteiger partial charge in [0.1, 0.15) is 0 Å². The number of nitrogens with one attached hydrogen (secondary N) is 1. The quantitative estimate of drug-likeness (QED) is 0.768. The normalized spacial score (nSPS) is 10.6. The fourth-order valence-electron chi connectivity index (χ4n) is 2.68. The third kappa shape index (κ3) is 2.96. The van der Waals surface area contributed by atoms with Crippen molar-refractivity contribution in [3.8, 4) is 11.3 Å². The van der Waals surface area contributed by atoms with Crippen LogP contribution in [-0.2, 0) is 4.79 Å². The van der Waals surface area contributed by atoms with Gasteiger partial charge < -0.3 is 10.4 Å². The summed E-state index contributed by atoms with van der Waals surface area (Å²) in [7, 11) is 0. The molecule has 5 heteroatoms. The molecule has 0 saturated carbocycles. The number of hydrogen-bond acceptors (Lipinski definition) is 3. The summed E-state index contributed by atoms with van der Waals surface area (Å²) in [5.74, 6) is -1.20.